The minimum Gasteiger partial charge on any atom is -0.480 e. The van der Waals surface area contributed by atoms with Crippen LogP contribution < -0.4 is 10.1 Å². The number of carbonyl (C=O) groups excluding carboxylic acids is 3. The lowest BCUT2D eigenvalue weighted by Gasteiger charge is -2.26. The lowest BCUT2D eigenvalue weighted by molar-refractivity contribution is -0.179. The number of esters is 2. The Kier molecular flexibility index (Phi) is 9.85. The second-order valence-electron chi connectivity index (χ2n) is 12.8. The van der Waals surface area contributed by atoms with Crippen LogP contribution in [-0.2, 0) is 35.0 Å². The van der Waals surface area contributed by atoms with Crippen molar-refractivity contribution in [3.63, 3.8) is 0 Å². The Morgan fingerprint density at radius 1 is 0.756 bits per heavy atom. The van der Waals surface area contributed by atoms with E-state index < -0.39 is 47.3 Å². The fourth-order valence-corrected chi connectivity index (χ4v) is 4.96. The van der Waals surface area contributed by atoms with Gasteiger partial charge in [0.05, 0.1) is 0 Å². The number of rotatable bonds is 10. The number of fused-ring (bicyclic) bond motifs is 3. The van der Waals surface area contributed by atoms with Crippen LogP contribution in [0.1, 0.15) is 64.2 Å². The number of aliphatic carboxylic acids is 1. The molecule has 2 N–H and O–H groups in total. The first-order chi connectivity index (χ1) is 21.1. The van der Waals surface area contributed by atoms with E-state index >= 15 is 0 Å². The average molecular weight is 618 g/mol. The zero-order chi connectivity index (χ0) is 32.9. The molecule has 0 saturated carbocycles. The van der Waals surface area contributed by atoms with Crippen LogP contribution in [0.2, 0.25) is 0 Å². The molecule has 10 nitrogen and oxygen atoms in total. The maximum Gasteiger partial charge on any atom is 0.407 e. The molecule has 1 atom stereocenters. The van der Waals surface area contributed by atoms with E-state index in [0.717, 1.165) is 22.3 Å². The second-order valence-corrected chi connectivity index (χ2v) is 12.8. The summed E-state index contributed by atoms with van der Waals surface area (Å²) in [7, 11) is 0. The molecular weight excluding hydrogens is 578 g/mol. The third-order valence-corrected chi connectivity index (χ3v) is 6.79. The van der Waals surface area contributed by atoms with Crippen molar-refractivity contribution in [3.05, 3.63) is 89.5 Å². The quantitative estimate of drug-likeness (QED) is 0.168. The topological polar surface area (TPSA) is 137 Å². The Morgan fingerprint density at radius 2 is 1.24 bits per heavy atom. The summed E-state index contributed by atoms with van der Waals surface area (Å²) in [5.41, 5.74) is 3.09. The van der Waals surface area contributed by atoms with E-state index in [1.807, 2.05) is 48.5 Å². The van der Waals surface area contributed by atoms with Gasteiger partial charge in [-0.25, -0.2) is 19.2 Å². The van der Waals surface area contributed by atoms with Crippen LogP contribution in [0.3, 0.4) is 0 Å². The van der Waals surface area contributed by atoms with Gasteiger partial charge in [0, 0.05) is 12.3 Å². The van der Waals surface area contributed by atoms with E-state index in [2.05, 4.69) is 5.32 Å². The van der Waals surface area contributed by atoms with Gasteiger partial charge in [0.15, 0.2) is 0 Å². The smallest absolute Gasteiger partial charge is 0.407 e. The summed E-state index contributed by atoms with van der Waals surface area (Å²) in [6.45, 7) is 10.1. The Morgan fingerprint density at radius 3 is 1.71 bits per heavy atom. The summed E-state index contributed by atoms with van der Waals surface area (Å²) >= 11 is 0. The van der Waals surface area contributed by atoms with Gasteiger partial charge in [-0.05, 0) is 81.5 Å². The number of amides is 1. The van der Waals surface area contributed by atoms with Crippen molar-refractivity contribution in [2.45, 2.75) is 77.2 Å². The third kappa shape index (κ3) is 8.84. The molecule has 0 heterocycles. The summed E-state index contributed by atoms with van der Waals surface area (Å²) in [6, 6.07) is 20.7. The number of nitrogens with one attached hydrogen (secondary N) is 1. The maximum atomic E-state index is 12.8. The van der Waals surface area contributed by atoms with E-state index in [1.165, 1.54) is 12.1 Å². The van der Waals surface area contributed by atoms with Crippen molar-refractivity contribution >= 4 is 24.0 Å². The second kappa shape index (κ2) is 13.4. The zero-order valence-corrected chi connectivity index (χ0v) is 26.3. The van der Waals surface area contributed by atoms with Gasteiger partial charge in [0.1, 0.15) is 29.6 Å². The van der Waals surface area contributed by atoms with E-state index in [9.17, 15) is 24.3 Å². The molecule has 0 bridgehead atoms. The van der Waals surface area contributed by atoms with Gasteiger partial charge < -0.3 is 29.4 Å². The van der Waals surface area contributed by atoms with Crippen molar-refractivity contribution in [2.24, 2.45) is 0 Å². The molecule has 4 rings (SSSR count). The highest BCUT2D eigenvalue weighted by atomic mass is 16.6. The number of carboxylic acids is 1. The van der Waals surface area contributed by atoms with E-state index in [0.29, 0.717) is 5.56 Å². The highest BCUT2D eigenvalue weighted by molar-refractivity contribution is 5.98. The van der Waals surface area contributed by atoms with Gasteiger partial charge in [-0.2, -0.15) is 0 Å². The standard InChI is InChI=1S/C35H39NO9/c1-34(2,3)44-31(39)29(32(40)45-35(4,5)6)43-22-17-15-21(16-18-22)19-28(30(37)38)36-33(41)42-20-27-25-13-9-7-11-23(25)24-12-8-10-14-26(24)27/h7-18,27-29H,19-20H2,1-6H3,(H,36,41)(H,37,38). The fourth-order valence-electron chi connectivity index (χ4n) is 4.96. The highest BCUT2D eigenvalue weighted by Crippen LogP contribution is 2.44. The average Bonchev–Trinajstić information content (AvgIpc) is 3.27. The Hall–Kier alpha value is -4.86. The minimum absolute atomic E-state index is 0.0503. The molecule has 10 heteroatoms. The molecule has 3 aromatic carbocycles. The number of hydrogen-bond acceptors (Lipinski definition) is 8. The summed E-state index contributed by atoms with van der Waals surface area (Å²) in [5.74, 6) is -3.04. The van der Waals surface area contributed by atoms with Gasteiger partial charge in [0.2, 0.25) is 0 Å². The zero-order valence-electron chi connectivity index (χ0n) is 26.3. The molecule has 45 heavy (non-hydrogen) atoms. The lowest BCUT2D eigenvalue weighted by atomic mass is 9.98. The lowest BCUT2D eigenvalue weighted by Crippen LogP contribution is -2.44. The van der Waals surface area contributed by atoms with Crippen molar-refractivity contribution in [1.82, 2.24) is 5.32 Å². The first-order valence-corrected chi connectivity index (χ1v) is 14.7. The van der Waals surface area contributed by atoms with Gasteiger partial charge >= 0.3 is 24.0 Å². The summed E-state index contributed by atoms with van der Waals surface area (Å²) in [5, 5.41) is 12.2. The Bertz CT molecular complexity index is 1480. The van der Waals surface area contributed by atoms with Crippen LogP contribution in [0.4, 0.5) is 4.79 Å². The van der Waals surface area contributed by atoms with Crippen molar-refractivity contribution in [2.75, 3.05) is 6.61 Å². The molecular formula is C35H39NO9. The normalized spacial score (nSPS) is 13.3. The first-order valence-electron chi connectivity index (χ1n) is 14.7. The summed E-state index contributed by atoms with van der Waals surface area (Å²) in [6.07, 6.45) is -2.57. The Balaban J connectivity index is 1.38. The van der Waals surface area contributed by atoms with Crippen LogP contribution >= 0.6 is 0 Å². The number of ether oxygens (including phenoxy) is 4. The monoisotopic (exact) mass is 617 g/mol. The molecule has 0 aromatic heterocycles. The van der Waals surface area contributed by atoms with Crippen molar-refractivity contribution in [3.8, 4) is 16.9 Å². The van der Waals surface area contributed by atoms with Crippen LogP contribution in [0, 0.1) is 0 Å². The molecule has 3 aromatic rings. The number of benzene rings is 3. The first kappa shape index (κ1) is 33.0. The largest absolute Gasteiger partial charge is 0.480 e. The van der Waals surface area contributed by atoms with E-state index in [4.69, 9.17) is 18.9 Å². The molecule has 0 spiro atoms. The number of alkyl carbamates (subject to hydrolysis) is 1. The molecule has 1 amide bonds. The molecule has 238 valence electrons. The molecule has 0 fully saturated rings. The van der Waals surface area contributed by atoms with Crippen LogP contribution in [0.15, 0.2) is 72.8 Å². The molecule has 1 aliphatic rings. The fraction of sp³-hybridized carbons (Fsp3) is 0.371. The van der Waals surface area contributed by atoms with Gasteiger partial charge in [-0.15, -0.1) is 0 Å². The van der Waals surface area contributed by atoms with Crippen LogP contribution in [-0.4, -0.2) is 59.1 Å². The number of carboxylic acid groups (broad SMARTS) is 1. The third-order valence-electron chi connectivity index (χ3n) is 6.79. The van der Waals surface area contributed by atoms with Crippen LogP contribution in [0.5, 0.6) is 5.75 Å². The predicted octanol–water partition coefficient (Wildman–Crippen LogP) is 5.65. The van der Waals surface area contributed by atoms with Crippen LogP contribution in [0.25, 0.3) is 11.1 Å². The molecule has 0 aliphatic heterocycles. The number of carbonyl (C=O) groups is 4. The predicted molar refractivity (Wildman–Crippen MR) is 166 cm³/mol. The van der Waals surface area contributed by atoms with E-state index in [1.54, 1.807) is 53.7 Å². The van der Waals surface area contributed by atoms with E-state index in [-0.39, 0.29) is 24.7 Å². The van der Waals surface area contributed by atoms with Crippen molar-refractivity contribution < 1.29 is 43.2 Å². The highest BCUT2D eigenvalue weighted by Gasteiger charge is 2.37. The van der Waals surface area contributed by atoms with Crippen molar-refractivity contribution in [1.29, 1.82) is 0 Å². The van der Waals surface area contributed by atoms with Gasteiger partial charge in [0.25, 0.3) is 6.10 Å². The van der Waals surface area contributed by atoms with Gasteiger partial charge in [-0.3, -0.25) is 0 Å². The Labute approximate surface area is 262 Å². The minimum atomic E-state index is -1.67. The molecule has 0 radical (unpaired) electrons. The maximum absolute atomic E-state index is 12.8. The van der Waals surface area contributed by atoms with Gasteiger partial charge in [-0.1, -0.05) is 60.7 Å². The molecule has 1 unspecified atom stereocenters. The molecule has 0 saturated heterocycles. The molecule has 1 aliphatic carbocycles. The number of hydrogen-bond donors (Lipinski definition) is 2. The summed E-state index contributed by atoms with van der Waals surface area (Å²) in [4.78, 5) is 50.3. The SMILES string of the molecule is CC(C)(C)OC(=O)C(Oc1ccc(CC(NC(=O)OCC2c3ccccc3-c3ccccc32)C(=O)O)cc1)C(=O)OC(C)(C)C. The summed E-state index contributed by atoms with van der Waals surface area (Å²) < 4.78 is 21.9.